The lowest BCUT2D eigenvalue weighted by atomic mass is 10.00. The maximum Gasteiger partial charge on any atom is 0.258 e. The Morgan fingerprint density at radius 3 is 2.41 bits per heavy atom. The number of methoxy groups -OCH3 is 2. The number of rotatable bonds is 10. The number of benzene rings is 2. The van der Waals surface area contributed by atoms with Gasteiger partial charge >= 0.3 is 0 Å². The summed E-state index contributed by atoms with van der Waals surface area (Å²) in [4.78, 5) is 32.2. The van der Waals surface area contributed by atoms with Gasteiger partial charge in [-0.05, 0) is 61.0 Å². The van der Waals surface area contributed by atoms with Gasteiger partial charge in [0.25, 0.3) is 5.91 Å². The molecule has 3 aromatic rings. The fourth-order valence-electron chi connectivity index (χ4n) is 4.64. The molecule has 0 saturated heterocycles. The Balaban J connectivity index is 1.58. The molecule has 0 aliphatic carbocycles. The van der Waals surface area contributed by atoms with E-state index in [1.807, 2.05) is 49.1 Å². The quantitative estimate of drug-likeness (QED) is 0.366. The molecule has 8 heteroatoms. The number of fused-ring (bicyclic) bond motifs is 1. The minimum Gasteiger partial charge on any atom is -0.496 e. The number of hydrogen-bond donors (Lipinski definition) is 0. The Hall–Kier alpha value is -3.52. The molecule has 0 spiro atoms. The van der Waals surface area contributed by atoms with E-state index in [0.29, 0.717) is 36.0 Å². The van der Waals surface area contributed by atoms with Crippen LogP contribution in [-0.4, -0.2) is 61.6 Å². The van der Waals surface area contributed by atoms with Gasteiger partial charge in [-0.3, -0.25) is 9.59 Å². The van der Waals surface area contributed by atoms with Crippen LogP contribution in [0.25, 0.3) is 0 Å². The van der Waals surface area contributed by atoms with Crippen LogP contribution < -0.4 is 14.2 Å². The van der Waals surface area contributed by atoms with Crippen LogP contribution >= 0.6 is 11.3 Å². The largest absolute Gasteiger partial charge is 0.496 e. The van der Waals surface area contributed by atoms with Gasteiger partial charge in [-0.2, -0.15) is 0 Å². The van der Waals surface area contributed by atoms with Crippen LogP contribution in [0, 0.1) is 0 Å². The summed E-state index contributed by atoms with van der Waals surface area (Å²) in [7, 11) is 3.15. The van der Waals surface area contributed by atoms with Crippen molar-refractivity contribution in [3.8, 4) is 17.2 Å². The van der Waals surface area contributed by atoms with E-state index in [9.17, 15) is 9.59 Å². The molecule has 1 aliphatic heterocycles. The number of carbonyl (C=O) groups excluding carboxylic acids is 2. The first kappa shape index (κ1) is 26.5. The van der Waals surface area contributed by atoms with Crippen LogP contribution in [0.15, 0.2) is 60.0 Å². The van der Waals surface area contributed by atoms with Crippen molar-refractivity contribution in [1.29, 1.82) is 0 Å². The summed E-state index contributed by atoms with van der Waals surface area (Å²) in [6.07, 6.45) is 1.51. The summed E-state index contributed by atoms with van der Waals surface area (Å²) in [6.45, 7) is 4.83. The third kappa shape index (κ3) is 5.74. The number of ether oxygens (including phenoxy) is 3. The fourth-order valence-corrected chi connectivity index (χ4v) is 5.57. The summed E-state index contributed by atoms with van der Waals surface area (Å²) >= 11 is 1.70. The van der Waals surface area contributed by atoms with Gasteiger partial charge in [-0.1, -0.05) is 31.2 Å². The molecule has 1 aromatic heterocycles. The van der Waals surface area contributed by atoms with E-state index in [4.69, 9.17) is 14.2 Å². The van der Waals surface area contributed by atoms with Crippen LogP contribution in [-0.2, 0) is 11.2 Å². The zero-order chi connectivity index (χ0) is 26.4. The molecular weight excluding hydrogens is 488 g/mol. The van der Waals surface area contributed by atoms with E-state index in [1.54, 1.807) is 48.7 Å². The van der Waals surface area contributed by atoms with Crippen LogP contribution in [0.3, 0.4) is 0 Å². The predicted molar refractivity (Wildman–Crippen MR) is 145 cm³/mol. The minimum absolute atomic E-state index is 0.0173. The van der Waals surface area contributed by atoms with Gasteiger partial charge in [-0.15, -0.1) is 11.3 Å². The Morgan fingerprint density at radius 2 is 1.70 bits per heavy atom. The molecule has 1 aliphatic rings. The first-order chi connectivity index (χ1) is 18.0. The maximum absolute atomic E-state index is 13.8. The standard InChI is InChI=1S/C29H34N2O5S/c1-5-20(2)31(29(33)22-10-6-7-11-24(22)34-3)18-28(32)30-16-14-27-21(15-17-37-27)23(30)19-36-26-13-9-8-12-25(26)35-4/h6-13,15,17,20,23H,5,14,16,18-19H2,1-4H3/t20-,23+/m0/s1. The topological polar surface area (TPSA) is 68.3 Å². The van der Waals surface area contributed by atoms with Crippen molar-refractivity contribution in [3.05, 3.63) is 76.0 Å². The van der Waals surface area contributed by atoms with Crippen LogP contribution in [0.2, 0.25) is 0 Å². The Labute approximate surface area is 222 Å². The highest BCUT2D eigenvalue weighted by molar-refractivity contribution is 7.10. The van der Waals surface area contributed by atoms with Gasteiger partial charge in [0, 0.05) is 17.5 Å². The Morgan fingerprint density at radius 1 is 1.03 bits per heavy atom. The fraction of sp³-hybridized carbons (Fsp3) is 0.379. The van der Waals surface area contributed by atoms with Gasteiger partial charge in [0.15, 0.2) is 11.5 Å². The lowest BCUT2D eigenvalue weighted by molar-refractivity contribution is -0.136. The second-order valence-electron chi connectivity index (χ2n) is 9.00. The van der Waals surface area contributed by atoms with E-state index in [2.05, 4.69) is 11.4 Å². The monoisotopic (exact) mass is 522 g/mol. The number of nitrogens with zero attached hydrogens (tertiary/aromatic N) is 2. The highest BCUT2D eigenvalue weighted by Crippen LogP contribution is 2.35. The lowest BCUT2D eigenvalue weighted by Gasteiger charge is -2.38. The number of carbonyl (C=O) groups is 2. The zero-order valence-corrected chi connectivity index (χ0v) is 22.6. The average molecular weight is 523 g/mol. The van der Waals surface area contributed by atoms with Gasteiger partial charge in [0.1, 0.15) is 18.9 Å². The SMILES string of the molecule is CC[C@H](C)N(CC(=O)N1CCc2sccc2[C@H]1COc1ccccc1OC)C(=O)c1ccccc1OC. The second-order valence-corrected chi connectivity index (χ2v) is 10.0. The molecule has 0 N–H and O–H groups in total. The van der Waals surface area contributed by atoms with Crippen molar-refractivity contribution in [2.24, 2.45) is 0 Å². The molecule has 2 atom stereocenters. The first-order valence-corrected chi connectivity index (χ1v) is 13.4. The molecule has 2 aromatic carbocycles. The molecule has 37 heavy (non-hydrogen) atoms. The van der Waals surface area contributed by atoms with Crippen molar-refractivity contribution in [2.45, 2.75) is 38.8 Å². The molecule has 2 amide bonds. The third-order valence-corrected chi connectivity index (χ3v) is 7.90. The summed E-state index contributed by atoms with van der Waals surface area (Å²) in [5.41, 5.74) is 1.55. The van der Waals surface area contributed by atoms with Crippen molar-refractivity contribution < 1.29 is 23.8 Å². The van der Waals surface area contributed by atoms with E-state index in [1.165, 1.54) is 4.88 Å². The van der Waals surface area contributed by atoms with E-state index < -0.39 is 0 Å². The third-order valence-electron chi connectivity index (χ3n) is 6.91. The number of amides is 2. The van der Waals surface area contributed by atoms with E-state index >= 15 is 0 Å². The van der Waals surface area contributed by atoms with E-state index in [-0.39, 0.29) is 30.4 Å². The predicted octanol–water partition coefficient (Wildman–Crippen LogP) is 5.21. The zero-order valence-electron chi connectivity index (χ0n) is 21.8. The van der Waals surface area contributed by atoms with Crippen LogP contribution in [0.1, 0.15) is 47.1 Å². The van der Waals surface area contributed by atoms with Gasteiger partial charge in [0.05, 0.1) is 25.8 Å². The molecule has 0 unspecified atom stereocenters. The summed E-state index contributed by atoms with van der Waals surface area (Å²) in [6, 6.07) is 16.3. The molecule has 0 saturated carbocycles. The van der Waals surface area contributed by atoms with Gasteiger partial charge in [-0.25, -0.2) is 0 Å². The van der Waals surface area contributed by atoms with Crippen molar-refractivity contribution in [3.63, 3.8) is 0 Å². The second kappa shape index (κ2) is 12.1. The van der Waals surface area contributed by atoms with Crippen LogP contribution in [0.5, 0.6) is 17.2 Å². The molecule has 0 bridgehead atoms. The lowest BCUT2D eigenvalue weighted by Crippen LogP contribution is -2.50. The number of para-hydroxylation sites is 3. The highest BCUT2D eigenvalue weighted by atomic mass is 32.1. The van der Waals surface area contributed by atoms with Gasteiger partial charge < -0.3 is 24.0 Å². The molecule has 4 rings (SSSR count). The smallest absolute Gasteiger partial charge is 0.258 e. The molecule has 2 heterocycles. The van der Waals surface area contributed by atoms with E-state index in [0.717, 1.165) is 18.4 Å². The molecule has 0 fully saturated rings. The molecule has 0 radical (unpaired) electrons. The maximum atomic E-state index is 13.8. The molecule has 7 nitrogen and oxygen atoms in total. The number of thiophene rings is 1. The normalized spacial score (nSPS) is 15.5. The summed E-state index contributed by atoms with van der Waals surface area (Å²) in [5, 5.41) is 2.06. The summed E-state index contributed by atoms with van der Waals surface area (Å²) in [5.74, 6) is 1.46. The minimum atomic E-state index is -0.257. The van der Waals surface area contributed by atoms with Crippen molar-refractivity contribution in [1.82, 2.24) is 9.80 Å². The summed E-state index contributed by atoms with van der Waals surface area (Å²) < 4.78 is 17.0. The Kier molecular flexibility index (Phi) is 8.71. The Bertz CT molecular complexity index is 1230. The number of hydrogen-bond acceptors (Lipinski definition) is 6. The van der Waals surface area contributed by atoms with Crippen molar-refractivity contribution in [2.75, 3.05) is 33.9 Å². The van der Waals surface area contributed by atoms with Crippen LogP contribution in [0.4, 0.5) is 0 Å². The molecule has 196 valence electrons. The average Bonchev–Trinajstić information content (AvgIpc) is 3.43. The first-order valence-electron chi connectivity index (χ1n) is 12.5. The highest BCUT2D eigenvalue weighted by Gasteiger charge is 2.35. The van der Waals surface area contributed by atoms with Gasteiger partial charge in [0.2, 0.25) is 5.91 Å². The van der Waals surface area contributed by atoms with Crippen molar-refractivity contribution >= 4 is 23.2 Å². The molecular formula is C29H34N2O5S.